The van der Waals surface area contributed by atoms with E-state index in [1.807, 2.05) is 0 Å². The van der Waals surface area contributed by atoms with Crippen molar-refractivity contribution in [3.8, 4) is 0 Å². The van der Waals surface area contributed by atoms with E-state index in [-0.39, 0.29) is 0 Å². The molecule has 0 atom stereocenters. The Morgan fingerprint density at radius 1 is 0.941 bits per heavy atom. The molecule has 0 N–H and O–H groups in total. The third-order valence-electron chi connectivity index (χ3n) is 3.46. The molecule has 0 bridgehead atoms. The van der Waals surface area contributed by atoms with E-state index in [4.69, 9.17) is 0 Å². The zero-order valence-electron chi connectivity index (χ0n) is 10.3. The Kier molecular flexibility index (Phi) is 2.36. The van der Waals surface area contributed by atoms with Crippen LogP contribution in [0.5, 0.6) is 0 Å². The molecule has 0 saturated carbocycles. The van der Waals surface area contributed by atoms with Crippen molar-refractivity contribution in [2.75, 3.05) is 0 Å². The van der Waals surface area contributed by atoms with Gasteiger partial charge in [-0.25, -0.2) is 0 Å². The van der Waals surface area contributed by atoms with Gasteiger partial charge in [0, 0.05) is 0 Å². The molecule has 84 valence electrons. The summed E-state index contributed by atoms with van der Waals surface area (Å²) < 4.78 is 0. The van der Waals surface area contributed by atoms with Gasteiger partial charge in [0.15, 0.2) is 0 Å². The van der Waals surface area contributed by atoms with Crippen LogP contribution in [0.2, 0.25) is 0 Å². The van der Waals surface area contributed by atoms with Crippen LogP contribution in [0.3, 0.4) is 0 Å². The van der Waals surface area contributed by atoms with E-state index >= 15 is 0 Å². The van der Waals surface area contributed by atoms with Crippen LogP contribution in [0, 0.1) is 13.8 Å². The van der Waals surface area contributed by atoms with Crippen molar-refractivity contribution >= 4 is 11.6 Å². The van der Waals surface area contributed by atoms with Crippen molar-refractivity contribution in [3.63, 3.8) is 0 Å². The highest BCUT2D eigenvalue weighted by atomic mass is 14.2. The smallest absolute Gasteiger partial charge is 0.00135 e. The number of benzene rings is 2. The Morgan fingerprint density at radius 3 is 2.47 bits per heavy atom. The lowest BCUT2D eigenvalue weighted by Crippen LogP contribution is -1.89. The lowest BCUT2D eigenvalue weighted by molar-refractivity contribution is 1.25. The van der Waals surface area contributed by atoms with E-state index < -0.39 is 0 Å². The highest BCUT2D eigenvalue weighted by Crippen LogP contribution is 2.33. The van der Waals surface area contributed by atoms with Gasteiger partial charge in [-0.2, -0.15) is 0 Å². The van der Waals surface area contributed by atoms with E-state index in [1.54, 1.807) is 0 Å². The van der Waals surface area contributed by atoms with Crippen LogP contribution in [0.15, 0.2) is 42.5 Å². The summed E-state index contributed by atoms with van der Waals surface area (Å²) in [4.78, 5) is 0. The fourth-order valence-electron chi connectivity index (χ4n) is 2.69. The quantitative estimate of drug-likeness (QED) is 0.668. The van der Waals surface area contributed by atoms with E-state index in [9.17, 15) is 0 Å². The second-order valence-electron chi connectivity index (χ2n) is 4.87. The Labute approximate surface area is 103 Å². The summed E-state index contributed by atoms with van der Waals surface area (Å²) in [7, 11) is 0. The summed E-state index contributed by atoms with van der Waals surface area (Å²) in [5.41, 5.74) is 8.45. The Balaban J connectivity index is 2.06. The third-order valence-corrected chi connectivity index (χ3v) is 3.46. The predicted molar refractivity (Wildman–Crippen MR) is 73.9 cm³/mol. The van der Waals surface area contributed by atoms with E-state index in [1.165, 1.54) is 33.4 Å². The Morgan fingerprint density at radius 2 is 1.71 bits per heavy atom. The van der Waals surface area contributed by atoms with Gasteiger partial charge in [-0.15, -0.1) is 0 Å². The van der Waals surface area contributed by atoms with Crippen molar-refractivity contribution < 1.29 is 0 Å². The van der Waals surface area contributed by atoms with Gasteiger partial charge < -0.3 is 0 Å². The molecule has 17 heavy (non-hydrogen) atoms. The molecule has 0 spiro atoms. The molecule has 0 aliphatic heterocycles. The van der Waals surface area contributed by atoms with Crippen LogP contribution in [0.4, 0.5) is 0 Å². The molecule has 0 radical (unpaired) electrons. The van der Waals surface area contributed by atoms with Crippen LogP contribution in [-0.4, -0.2) is 0 Å². The molecule has 0 aromatic heterocycles. The predicted octanol–water partition coefficient (Wildman–Crippen LogP) is 4.40. The molecule has 0 amide bonds. The molecule has 0 heteroatoms. The SMILES string of the molecule is Cc1cc(C)c2c(c1)CC(c1ccccc1)=C2. The summed E-state index contributed by atoms with van der Waals surface area (Å²) in [5, 5.41) is 0. The maximum absolute atomic E-state index is 2.35. The van der Waals surface area contributed by atoms with Gasteiger partial charge >= 0.3 is 0 Å². The fraction of sp³-hybridized carbons (Fsp3) is 0.176. The Bertz CT molecular complexity index is 589. The summed E-state index contributed by atoms with van der Waals surface area (Å²) in [5.74, 6) is 0. The maximum Gasteiger partial charge on any atom is -0.00135 e. The summed E-state index contributed by atoms with van der Waals surface area (Å²) >= 11 is 0. The van der Waals surface area contributed by atoms with Crippen molar-refractivity contribution in [3.05, 3.63) is 70.3 Å². The van der Waals surface area contributed by atoms with Gasteiger partial charge in [0.2, 0.25) is 0 Å². The van der Waals surface area contributed by atoms with Crippen molar-refractivity contribution in [2.45, 2.75) is 20.3 Å². The molecular formula is C17H16. The molecule has 0 saturated heterocycles. The minimum Gasteiger partial charge on any atom is -0.0622 e. The van der Waals surface area contributed by atoms with Crippen LogP contribution < -0.4 is 0 Å². The van der Waals surface area contributed by atoms with Gasteiger partial charge in [0.25, 0.3) is 0 Å². The van der Waals surface area contributed by atoms with Crippen molar-refractivity contribution in [2.24, 2.45) is 0 Å². The van der Waals surface area contributed by atoms with Crippen LogP contribution >= 0.6 is 0 Å². The first-order valence-corrected chi connectivity index (χ1v) is 6.10. The summed E-state index contributed by atoms with van der Waals surface area (Å²) in [6.45, 7) is 4.38. The summed E-state index contributed by atoms with van der Waals surface area (Å²) in [6.07, 6.45) is 3.42. The lowest BCUT2D eigenvalue weighted by atomic mass is 10.0. The average molecular weight is 220 g/mol. The van der Waals surface area contributed by atoms with Crippen molar-refractivity contribution in [1.29, 1.82) is 0 Å². The molecule has 0 nitrogen and oxygen atoms in total. The van der Waals surface area contributed by atoms with Gasteiger partial charge in [-0.3, -0.25) is 0 Å². The molecule has 1 aliphatic carbocycles. The number of fused-ring (bicyclic) bond motifs is 1. The van der Waals surface area contributed by atoms with Gasteiger partial charge in [0.05, 0.1) is 0 Å². The standard InChI is InChI=1S/C17H16/c1-12-8-13(2)17-11-15(10-16(17)9-12)14-6-4-3-5-7-14/h3-9,11H,10H2,1-2H3. The number of rotatable bonds is 1. The molecule has 0 unspecified atom stereocenters. The van der Waals surface area contributed by atoms with Gasteiger partial charge in [-0.1, -0.05) is 54.1 Å². The Hall–Kier alpha value is -1.82. The third kappa shape index (κ3) is 1.80. The first-order chi connectivity index (χ1) is 8.24. The molecule has 1 aliphatic rings. The zero-order chi connectivity index (χ0) is 11.8. The first-order valence-electron chi connectivity index (χ1n) is 6.10. The number of allylic oxidation sites excluding steroid dienone is 1. The van der Waals surface area contributed by atoms with Gasteiger partial charge in [0.1, 0.15) is 0 Å². The normalized spacial score (nSPS) is 13.4. The zero-order valence-corrected chi connectivity index (χ0v) is 10.3. The molecule has 2 aromatic carbocycles. The number of hydrogen-bond donors (Lipinski definition) is 0. The van der Waals surface area contributed by atoms with Crippen LogP contribution in [-0.2, 0) is 6.42 Å². The molecule has 2 aromatic rings. The fourth-order valence-corrected chi connectivity index (χ4v) is 2.69. The highest BCUT2D eigenvalue weighted by molar-refractivity contribution is 5.89. The maximum atomic E-state index is 2.35. The molecule has 3 rings (SSSR count). The topological polar surface area (TPSA) is 0 Å². The minimum absolute atomic E-state index is 1.07. The van der Waals surface area contributed by atoms with Crippen molar-refractivity contribution in [1.82, 2.24) is 0 Å². The second-order valence-corrected chi connectivity index (χ2v) is 4.87. The number of hydrogen-bond acceptors (Lipinski definition) is 0. The average Bonchev–Trinajstić information content (AvgIpc) is 2.74. The van der Waals surface area contributed by atoms with E-state index in [2.05, 4.69) is 62.4 Å². The first kappa shape index (κ1) is 10.3. The largest absolute Gasteiger partial charge is 0.0622 e. The number of aryl methyl sites for hydroxylation is 2. The lowest BCUT2D eigenvalue weighted by Gasteiger charge is -2.04. The van der Waals surface area contributed by atoms with Gasteiger partial charge in [-0.05, 0) is 48.1 Å². The molecule has 0 fully saturated rings. The second kappa shape index (κ2) is 3.89. The van der Waals surface area contributed by atoms with E-state index in [0.29, 0.717) is 0 Å². The highest BCUT2D eigenvalue weighted by Gasteiger charge is 2.15. The van der Waals surface area contributed by atoms with Crippen LogP contribution in [0.1, 0.15) is 27.8 Å². The molecular weight excluding hydrogens is 204 g/mol. The minimum atomic E-state index is 1.07. The summed E-state index contributed by atoms with van der Waals surface area (Å²) in [6, 6.07) is 15.3. The molecule has 0 heterocycles. The van der Waals surface area contributed by atoms with E-state index in [0.717, 1.165) is 6.42 Å². The van der Waals surface area contributed by atoms with Crippen LogP contribution in [0.25, 0.3) is 11.6 Å². The monoisotopic (exact) mass is 220 g/mol.